The van der Waals surface area contributed by atoms with Crippen LogP contribution in [0.2, 0.25) is 0 Å². The van der Waals surface area contributed by atoms with E-state index in [9.17, 15) is 13.2 Å². The molecule has 1 saturated heterocycles. The van der Waals surface area contributed by atoms with Crippen molar-refractivity contribution in [1.82, 2.24) is 24.5 Å². The summed E-state index contributed by atoms with van der Waals surface area (Å²) in [6.45, 7) is 1.39. The number of sulfonamides is 1. The van der Waals surface area contributed by atoms with E-state index in [4.69, 9.17) is 9.15 Å². The third-order valence-corrected chi connectivity index (χ3v) is 7.81. The molecule has 0 atom stereocenters. The van der Waals surface area contributed by atoms with Gasteiger partial charge in [0, 0.05) is 18.7 Å². The van der Waals surface area contributed by atoms with Crippen LogP contribution in [0.1, 0.15) is 5.82 Å². The van der Waals surface area contributed by atoms with Crippen LogP contribution in [0.3, 0.4) is 0 Å². The lowest BCUT2D eigenvalue weighted by molar-refractivity contribution is 0.0730. The van der Waals surface area contributed by atoms with Crippen LogP contribution in [0, 0.1) is 0 Å². The summed E-state index contributed by atoms with van der Waals surface area (Å²) in [5.74, 6) is 1.02. The lowest BCUT2D eigenvalue weighted by Gasteiger charge is -2.26. The molecule has 2 aromatic heterocycles. The van der Waals surface area contributed by atoms with Gasteiger partial charge in [-0.05, 0) is 30.3 Å². The molecule has 1 aliphatic rings. The molecule has 0 bridgehead atoms. The number of ether oxygens (including phenoxy) is 1. The smallest absolute Gasteiger partial charge is 0.277 e. The van der Waals surface area contributed by atoms with E-state index in [1.807, 2.05) is 6.07 Å². The first-order chi connectivity index (χ1) is 16.0. The van der Waals surface area contributed by atoms with Crippen LogP contribution < -0.4 is 5.56 Å². The van der Waals surface area contributed by atoms with E-state index >= 15 is 0 Å². The molecule has 0 amide bonds. The Hall–Kier alpha value is -3.06. The molecule has 0 radical (unpaired) electrons. The maximum absolute atomic E-state index is 12.9. The first-order valence-corrected chi connectivity index (χ1v) is 12.6. The standard InChI is InChI=1S/C21H19N5O5S2/c27-19-16-6-1-2-7-17(16)22-18(23-19)13-32-21-25-24-20(31-21)14-4-3-5-15(12-14)33(28,29)26-8-10-30-11-9-26/h1-7,12H,8-11,13H2,(H,22,23,27). The normalized spacial score (nSPS) is 15.2. The lowest BCUT2D eigenvalue weighted by Crippen LogP contribution is -2.40. The first kappa shape index (κ1) is 21.8. The topological polar surface area (TPSA) is 131 Å². The van der Waals surface area contributed by atoms with E-state index in [2.05, 4.69) is 20.2 Å². The molecule has 1 N–H and O–H groups in total. The van der Waals surface area contributed by atoms with Crippen molar-refractivity contribution < 1.29 is 17.6 Å². The molecule has 1 fully saturated rings. The van der Waals surface area contributed by atoms with Crippen molar-refractivity contribution in [3.05, 3.63) is 64.7 Å². The Labute approximate surface area is 193 Å². The average Bonchev–Trinajstić information content (AvgIpc) is 3.33. The largest absolute Gasteiger partial charge is 0.411 e. The van der Waals surface area contributed by atoms with Crippen molar-refractivity contribution in [1.29, 1.82) is 0 Å². The van der Waals surface area contributed by atoms with E-state index < -0.39 is 10.0 Å². The molecule has 1 aliphatic heterocycles. The number of thioether (sulfide) groups is 1. The minimum atomic E-state index is -3.64. The van der Waals surface area contributed by atoms with Crippen molar-refractivity contribution in [3.63, 3.8) is 0 Å². The number of H-pyrrole nitrogens is 1. The third-order valence-electron chi connectivity index (χ3n) is 5.09. The summed E-state index contributed by atoms with van der Waals surface area (Å²) in [4.78, 5) is 19.6. The van der Waals surface area contributed by atoms with Gasteiger partial charge in [0.25, 0.3) is 10.8 Å². The van der Waals surface area contributed by atoms with Crippen LogP contribution >= 0.6 is 11.8 Å². The lowest BCUT2D eigenvalue weighted by atomic mass is 10.2. The minimum absolute atomic E-state index is 0.159. The number of morpholine rings is 1. The summed E-state index contributed by atoms with van der Waals surface area (Å²) in [6.07, 6.45) is 0. The van der Waals surface area contributed by atoms with Crippen LogP contribution in [0.15, 0.2) is 67.9 Å². The summed E-state index contributed by atoms with van der Waals surface area (Å²) in [5.41, 5.74) is 0.906. The second-order valence-electron chi connectivity index (χ2n) is 7.24. The number of aromatic amines is 1. The molecule has 5 rings (SSSR count). The third kappa shape index (κ3) is 4.55. The van der Waals surface area contributed by atoms with E-state index in [0.717, 1.165) is 0 Å². The maximum Gasteiger partial charge on any atom is 0.277 e. The molecule has 4 aromatic rings. The quantitative estimate of drug-likeness (QED) is 0.409. The second-order valence-corrected chi connectivity index (χ2v) is 10.1. The molecule has 170 valence electrons. The number of benzene rings is 2. The van der Waals surface area contributed by atoms with Gasteiger partial charge < -0.3 is 14.1 Å². The summed E-state index contributed by atoms with van der Waals surface area (Å²) >= 11 is 1.23. The van der Waals surface area contributed by atoms with Crippen molar-refractivity contribution in [2.24, 2.45) is 0 Å². The Bertz CT molecular complexity index is 1460. The molecule has 3 heterocycles. The Kier molecular flexibility index (Phi) is 5.98. The molecule has 10 nitrogen and oxygen atoms in total. The summed E-state index contributed by atoms with van der Waals surface area (Å²) in [7, 11) is -3.64. The fourth-order valence-electron chi connectivity index (χ4n) is 3.44. The molecular formula is C21H19N5O5S2. The molecule has 0 aliphatic carbocycles. The number of fused-ring (bicyclic) bond motifs is 1. The number of nitrogens with one attached hydrogen (secondary N) is 1. The zero-order chi connectivity index (χ0) is 22.8. The molecule has 12 heteroatoms. The Morgan fingerprint density at radius 3 is 2.73 bits per heavy atom. The van der Waals surface area contributed by atoms with E-state index in [1.54, 1.807) is 36.4 Å². The number of hydrogen-bond acceptors (Lipinski definition) is 9. The van der Waals surface area contributed by atoms with Crippen LogP contribution in [-0.2, 0) is 20.5 Å². The van der Waals surface area contributed by atoms with Crippen LogP contribution in [0.5, 0.6) is 0 Å². The Balaban J connectivity index is 1.33. The van der Waals surface area contributed by atoms with Crippen LogP contribution in [-0.4, -0.2) is 59.2 Å². The van der Waals surface area contributed by atoms with Crippen LogP contribution in [0.25, 0.3) is 22.4 Å². The fourth-order valence-corrected chi connectivity index (χ4v) is 5.53. The van der Waals surface area contributed by atoms with Gasteiger partial charge >= 0.3 is 0 Å². The molecule has 33 heavy (non-hydrogen) atoms. The summed E-state index contributed by atoms with van der Waals surface area (Å²) < 4.78 is 38.2. The molecule has 0 saturated carbocycles. The highest BCUT2D eigenvalue weighted by Gasteiger charge is 2.27. The molecule has 2 aromatic carbocycles. The van der Waals surface area contributed by atoms with Gasteiger partial charge in [-0.1, -0.05) is 30.0 Å². The highest BCUT2D eigenvalue weighted by molar-refractivity contribution is 7.98. The average molecular weight is 486 g/mol. The van der Waals surface area contributed by atoms with Gasteiger partial charge in [-0.25, -0.2) is 13.4 Å². The summed E-state index contributed by atoms with van der Waals surface area (Å²) in [5, 5.41) is 8.87. The number of aromatic nitrogens is 4. The number of hydrogen-bond donors (Lipinski definition) is 1. The Morgan fingerprint density at radius 2 is 1.88 bits per heavy atom. The predicted octanol–water partition coefficient (Wildman–Crippen LogP) is 2.29. The van der Waals surface area contributed by atoms with Gasteiger partial charge in [-0.3, -0.25) is 4.79 Å². The molecular weight excluding hydrogens is 466 g/mol. The van der Waals surface area contributed by atoms with Gasteiger partial charge in [0.1, 0.15) is 5.82 Å². The van der Waals surface area contributed by atoms with E-state index in [-0.39, 0.29) is 21.6 Å². The predicted molar refractivity (Wildman–Crippen MR) is 121 cm³/mol. The first-order valence-electron chi connectivity index (χ1n) is 10.1. The number of rotatable bonds is 6. The van der Waals surface area contributed by atoms with Crippen LogP contribution in [0.4, 0.5) is 0 Å². The van der Waals surface area contributed by atoms with Gasteiger partial charge in [-0.2, -0.15) is 4.31 Å². The minimum Gasteiger partial charge on any atom is -0.411 e. The van der Waals surface area contributed by atoms with Crippen molar-refractivity contribution in [2.45, 2.75) is 15.9 Å². The molecule has 0 spiro atoms. The SMILES string of the molecule is O=c1[nH]c(CSc2nnc(-c3cccc(S(=O)(=O)N4CCOCC4)c3)o2)nc2ccccc12. The fraction of sp³-hybridized carbons (Fsp3) is 0.238. The summed E-state index contributed by atoms with van der Waals surface area (Å²) in [6, 6.07) is 13.5. The zero-order valence-electron chi connectivity index (χ0n) is 17.3. The Morgan fingerprint density at radius 1 is 1.06 bits per heavy atom. The molecule has 0 unspecified atom stereocenters. The van der Waals surface area contributed by atoms with Crippen molar-refractivity contribution in [2.75, 3.05) is 26.3 Å². The monoisotopic (exact) mass is 485 g/mol. The zero-order valence-corrected chi connectivity index (χ0v) is 18.9. The highest BCUT2D eigenvalue weighted by atomic mass is 32.2. The van der Waals surface area contributed by atoms with Crippen molar-refractivity contribution in [3.8, 4) is 11.5 Å². The highest BCUT2D eigenvalue weighted by Crippen LogP contribution is 2.27. The maximum atomic E-state index is 12.9. The number of para-hydroxylation sites is 1. The van der Waals surface area contributed by atoms with Gasteiger partial charge in [0.15, 0.2) is 0 Å². The van der Waals surface area contributed by atoms with Gasteiger partial charge in [0.2, 0.25) is 15.9 Å². The second kappa shape index (κ2) is 9.06. The van der Waals surface area contributed by atoms with Gasteiger partial charge in [0.05, 0.1) is 34.8 Å². The van der Waals surface area contributed by atoms with Crippen molar-refractivity contribution >= 4 is 32.7 Å². The van der Waals surface area contributed by atoms with Gasteiger partial charge in [-0.15, -0.1) is 10.2 Å². The number of nitrogens with zero attached hydrogens (tertiary/aromatic N) is 4. The van der Waals surface area contributed by atoms with E-state index in [1.165, 1.54) is 22.1 Å². The van der Waals surface area contributed by atoms with E-state index in [0.29, 0.717) is 54.3 Å².